The number of nitrogens with one attached hydrogen (secondary N) is 1. The summed E-state index contributed by atoms with van der Waals surface area (Å²) in [5.41, 5.74) is 0. The van der Waals surface area contributed by atoms with Crippen molar-refractivity contribution >= 4 is 0 Å². The maximum atomic E-state index is 4.57. The summed E-state index contributed by atoms with van der Waals surface area (Å²) in [6.45, 7) is 11.8. The molecule has 0 aromatic carbocycles. The van der Waals surface area contributed by atoms with E-state index in [-0.39, 0.29) is 0 Å². The second-order valence-electron chi connectivity index (χ2n) is 4.84. The number of hydrogen-bond donors (Lipinski definition) is 1. The van der Waals surface area contributed by atoms with Gasteiger partial charge in [-0.25, -0.2) is 9.67 Å². The molecule has 1 heterocycles. The van der Waals surface area contributed by atoms with Gasteiger partial charge in [-0.1, -0.05) is 27.7 Å². The molecule has 4 heteroatoms. The van der Waals surface area contributed by atoms with E-state index in [0.29, 0.717) is 12.1 Å². The molecule has 0 radical (unpaired) electrons. The van der Waals surface area contributed by atoms with E-state index in [1.165, 1.54) is 0 Å². The zero-order valence-corrected chi connectivity index (χ0v) is 11.8. The molecule has 1 unspecified atom stereocenters. The molecule has 0 bridgehead atoms. The normalized spacial score (nSPS) is 13.3. The summed E-state index contributed by atoms with van der Waals surface area (Å²) in [5, 5.41) is 8.02. The molecular weight excluding hydrogens is 212 g/mol. The van der Waals surface area contributed by atoms with E-state index >= 15 is 0 Å². The van der Waals surface area contributed by atoms with Crippen LogP contribution in [-0.4, -0.2) is 27.4 Å². The zero-order chi connectivity index (χ0) is 12.8. The second kappa shape index (κ2) is 6.74. The van der Waals surface area contributed by atoms with E-state index in [4.69, 9.17) is 0 Å². The van der Waals surface area contributed by atoms with Crippen LogP contribution in [0.3, 0.4) is 0 Å². The Hall–Kier alpha value is -0.900. The summed E-state index contributed by atoms with van der Waals surface area (Å²) in [4.78, 5) is 4.54. The first kappa shape index (κ1) is 14.2. The molecule has 0 aliphatic heterocycles. The fraction of sp³-hybridized carbons (Fsp3) is 0.846. The summed E-state index contributed by atoms with van der Waals surface area (Å²) in [7, 11) is 0. The molecule has 1 aromatic rings. The molecule has 0 aliphatic carbocycles. The molecule has 0 spiro atoms. The third kappa shape index (κ3) is 4.11. The van der Waals surface area contributed by atoms with Gasteiger partial charge >= 0.3 is 0 Å². The van der Waals surface area contributed by atoms with Crippen LogP contribution in [0.1, 0.15) is 58.7 Å². The molecule has 0 saturated carbocycles. The molecular formula is C13H26N4. The Balaban J connectivity index is 2.60. The summed E-state index contributed by atoms with van der Waals surface area (Å²) in [5.74, 6) is 2.07. The Kier molecular flexibility index (Phi) is 5.62. The Morgan fingerprint density at radius 2 is 1.88 bits per heavy atom. The van der Waals surface area contributed by atoms with Gasteiger partial charge in [0.25, 0.3) is 0 Å². The van der Waals surface area contributed by atoms with Crippen LogP contribution in [0.15, 0.2) is 0 Å². The van der Waals surface area contributed by atoms with Gasteiger partial charge < -0.3 is 5.32 Å². The lowest BCUT2D eigenvalue weighted by Gasteiger charge is -2.15. The van der Waals surface area contributed by atoms with Crippen molar-refractivity contribution in [3.05, 3.63) is 11.6 Å². The standard InChI is InChI=1S/C13H26N4/c1-6-12-15-13(7-2)17(16-12)11(5)8-9-14-10(3)4/h10-11,14H,6-9H2,1-5H3. The van der Waals surface area contributed by atoms with Crippen LogP contribution >= 0.6 is 0 Å². The van der Waals surface area contributed by atoms with Gasteiger partial charge in [0.15, 0.2) is 5.82 Å². The monoisotopic (exact) mass is 238 g/mol. The van der Waals surface area contributed by atoms with Crippen LogP contribution in [0.4, 0.5) is 0 Å². The molecule has 4 nitrogen and oxygen atoms in total. The van der Waals surface area contributed by atoms with Crippen molar-refractivity contribution in [3.63, 3.8) is 0 Å². The minimum atomic E-state index is 0.420. The highest BCUT2D eigenvalue weighted by Crippen LogP contribution is 2.13. The average Bonchev–Trinajstić information content (AvgIpc) is 2.71. The first-order chi connectivity index (χ1) is 8.08. The Morgan fingerprint density at radius 1 is 1.18 bits per heavy atom. The third-order valence-corrected chi connectivity index (χ3v) is 2.91. The number of rotatable bonds is 7. The van der Waals surface area contributed by atoms with E-state index < -0.39 is 0 Å². The Bertz CT molecular complexity index is 330. The maximum absolute atomic E-state index is 4.57. The van der Waals surface area contributed by atoms with Gasteiger partial charge in [0.1, 0.15) is 5.82 Å². The van der Waals surface area contributed by atoms with Crippen molar-refractivity contribution in [3.8, 4) is 0 Å². The van der Waals surface area contributed by atoms with Gasteiger partial charge in [0, 0.05) is 18.9 Å². The van der Waals surface area contributed by atoms with Crippen LogP contribution in [0.25, 0.3) is 0 Å². The molecule has 0 fully saturated rings. The first-order valence-corrected chi connectivity index (χ1v) is 6.76. The largest absolute Gasteiger partial charge is 0.314 e. The Labute approximate surface area is 105 Å². The minimum absolute atomic E-state index is 0.420. The predicted molar refractivity (Wildman–Crippen MR) is 71.2 cm³/mol. The number of hydrogen-bond acceptors (Lipinski definition) is 3. The van der Waals surface area contributed by atoms with Crippen LogP contribution in [0.5, 0.6) is 0 Å². The summed E-state index contributed by atoms with van der Waals surface area (Å²) >= 11 is 0. The number of nitrogens with zero attached hydrogens (tertiary/aromatic N) is 3. The molecule has 17 heavy (non-hydrogen) atoms. The van der Waals surface area contributed by atoms with Gasteiger partial charge in [-0.3, -0.25) is 0 Å². The van der Waals surface area contributed by atoms with Crippen molar-refractivity contribution in [1.29, 1.82) is 0 Å². The van der Waals surface area contributed by atoms with Crippen molar-refractivity contribution in [2.45, 2.75) is 66.0 Å². The van der Waals surface area contributed by atoms with Crippen molar-refractivity contribution in [1.82, 2.24) is 20.1 Å². The first-order valence-electron chi connectivity index (χ1n) is 6.76. The highest BCUT2D eigenvalue weighted by atomic mass is 15.4. The fourth-order valence-corrected chi connectivity index (χ4v) is 1.85. The lowest BCUT2D eigenvalue weighted by Crippen LogP contribution is -2.26. The van der Waals surface area contributed by atoms with E-state index in [2.05, 4.69) is 54.7 Å². The van der Waals surface area contributed by atoms with Crippen molar-refractivity contribution in [2.75, 3.05) is 6.54 Å². The highest BCUT2D eigenvalue weighted by molar-refractivity contribution is 4.94. The minimum Gasteiger partial charge on any atom is -0.314 e. The summed E-state index contributed by atoms with van der Waals surface area (Å²) in [6, 6.07) is 0.971. The molecule has 1 N–H and O–H groups in total. The van der Waals surface area contributed by atoms with Crippen LogP contribution < -0.4 is 5.32 Å². The van der Waals surface area contributed by atoms with E-state index in [1.54, 1.807) is 0 Å². The fourth-order valence-electron chi connectivity index (χ4n) is 1.85. The Morgan fingerprint density at radius 3 is 2.41 bits per heavy atom. The van der Waals surface area contributed by atoms with Gasteiger partial charge in [-0.2, -0.15) is 5.10 Å². The molecule has 98 valence electrons. The summed E-state index contributed by atoms with van der Waals surface area (Å²) < 4.78 is 2.10. The maximum Gasteiger partial charge on any atom is 0.150 e. The van der Waals surface area contributed by atoms with Crippen LogP contribution in [0, 0.1) is 0 Å². The number of aryl methyl sites for hydroxylation is 2. The smallest absolute Gasteiger partial charge is 0.150 e. The van der Waals surface area contributed by atoms with Crippen molar-refractivity contribution in [2.24, 2.45) is 0 Å². The van der Waals surface area contributed by atoms with Gasteiger partial charge in [0.05, 0.1) is 6.04 Å². The summed E-state index contributed by atoms with van der Waals surface area (Å²) in [6.07, 6.45) is 2.96. The third-order valence-electron chi connectivity index (χ3n) is 2.91. The van der Waals surface area contributed by atoms with E-state index in [9.17, 15) is 0 Å². The van der Waals surface area contributed by atoms with E-state index in [1.807, 2.05) is 0 Å². The predicted octanol–water partition coefficient (Wildman–Crippen LogP) is 2.35. The van der Waals surface area contributed by atoms with Crippen LogP contribution in [0.2, 0.25) is 0 Å². The quantitative estimate of drug-likeness (QED) is 0.793. The van der Waals surface area contributed by atoms with Gasteiger partial charge in [0.2, 0.25) is 0 Å². The lowest BCUT2D eigenvalue weighted by atomic mass is 10.2. The molecule has 0 saturated heterocycles. The second-order valence-corrected chi connectivity index (χ2v) is 4.84. The molecule has 1 atom stereocenters. The highest BCUT2D eigenvalue weighted by Gasteiger charge is 2.12. The number of aromatic nitrogens is 3. The zero-order valence-electron chi connectivity index (χ0n) is 11.8. The van der Waals surface area contributed by atoms with Crippen LogP contribution in [-0.2, 0) is 12.8 Å². The van der Waals surface area contributed by atoms with Gasteiger partial charge in [-0.15, -0.1) is 0 Å². The molecule has 0 aliphatic rings. The van der Waals surface area contributed by atoms with E-state index in [0.717, 1.165) is 37.5 Å². The molecule has 1 rings (SSSR count). The average molecular weight is 238 g/mol. The topological polar surface area (TPSA) is 42.7 Å². The van der Waals surface area contributed by atoms with Crippen molar-refractivity contribution < 1.29 is 0 Å². The molecule has 0 amide bonds. The van der Waals surface area contributed by atoms with Gasteiger partial charge in [-0.05, 0) is 19.9 Å². The lowest BCUT2D eigenvalue weighted by molar-refractivity contribution is 0.418. The SMILES string of the molecule is CCc1nc(CC)n(C(C)CCNC(C)C)n1. The molecule has 1 aromatic heterocycles.